The van der Waals surface area contributed by atoms with Gasteiger partial charge in [-0.25, -0.2) is 0 Å². The molecule has 3 heteroatoms. The van der Waals surface area contributed by atoms with Crippen LogP contribution in [-0.4, -0.2) is 35.6 Å². The summed E-state index contributed by atoms with van der Waals surface area (Å²) < 4.78 is 0. The van der Waals surface area contributed by atoms with Gasteiger partial charge in [-0.05, 0) is 42.9 Å². The lowest BCUT2D eigenvalue weighted by atomic mass is 9.99. The lowest BCUT2D eigenvalue weighted by molar-refractivity contribution is -0.127. The highest BCUT2D eigenvalue weighted by atomic mass is 16.3. The van der Waals surface area contributed by atoms with Gasteiger partial charge in [0, 0.05) is 25.8 Å². The van der Waals surface area contributed by atoms with E-state index >= 15 is 0 Å². The van der Waals surface area contributed by atoms with Gasteiger partial charge in [-0.2, -0.15) is 0 Å². The Bertz CT molecular complexity index is 468. The first kappa shape index (κ1) is 13.8. The van der Waals surface area contributed by atoms with Crippen LogP contribution in [0.4, 0.5) is 0 Å². The zero-order valence-corrected chi connectivity index (χ0v) is 11.4. The number of carbonyl (C=O) groups excluding carboxylic acids is 1. The average molecular weight is 259 g/mol. The maximum atomic E-state index is 12.1. The van der Waals surface area contributed by atoms with Gasteiger partial charge in [-0.3, -0.25) is 4.79 Å². The Kier molecular flexibility index (Phi) is 4.74. The monoisotopic (exact) mass is 259 g/mol. The van der Waals surface area contributed by atoms with E-state index in [1.54, 1.807) is 6.08 Å². The van der Waals surface area contributed by atoms with E-state index in [0.717, 1.165) is 24.9 Å². The topological polar surface area (TPSA) is 40.5 Å². The number of rotatable bonds is 3. The van der Waals surface area contributed by atoms with Gasteiger partial charge in [0.1, 0.15) is 0 Å². The summed E-state index contributed by atoms with van der Waals surface area (Å²) in [6.45, 7) is 3.68. The molecule has 0 aromatic heterocycles. The van der Waals surface area contributed by atoms with Crippen molar-refractivity contribution in [1.29, 1.82) is 0 Å². The molecule has 1 unspecified atom stereocenters. The molecule has 0 saturated carbocycles. The van der Waals surface area contributed by atoms with Crippen molar-refractivity contribution in [2.75, 3.05) is 19.7 Å². The number of aryl methyl sites for hydroxylation is 1. The Balaban J connectivity index is 1.99. The molecule has 1 aromatic rings. The molecular weight excluding hydrogens is 238 g/mol. The molecule has 1 aliphatic rings. The minimum atomic E-state index is 0.0430. The predicted octanol–water partition coefficient (Wildman–Crippen LogP) is 2.24. The van der Waals surface area contributed by atoms with Crippen LogP contribution in [-0.2, 0) is 4.79 Å². The van der Waals surface area contributed by atoms with Crippen LogP contribution in [0, 0.1) is 12.8 Å². The fraction of sp³-hybridized carbons (Fsp3) is 0.438. The molecule has 3 nitrogen and oxygen atoms in total. The second-order valence-electron chi connectivity index (χ2n) is 5.17. The Hall–Kier alpha value is -1.61. The third kappa shape index (κ3) is 3.67. The fourth-order valence-corrected chi connectivity index (χ4v) is 2.45. The number of aliphatic hydroxyl groups excluding tert-OH is 1. The van der Waals surface area contributed by atoms with Crippen LogP contribution in [0.1, 0.15) is 24.0 Å². The lowest BCUT2D eigenvalue weighted by Crippen LogP contribution is -2.40. The number of hydrogen-bond acceptors (Lipinski definition) is 2. The highest BCUT2D eigenvalue weighted by Gasteiger charge is 2.21. The van der Waals surface area contributed by atoms with Crippen molar-refractivity contribution < 1.29 is 9.90 Å². The molecule has 1 N–H and O–H groups in total. The summed E-state index contributed by atoms with van der Waals surface area (Å²) in [6, 6.07) is 8.00. The van der Waals surface area contributed by atoms with Crippen molar-refractivity contribution in [1.82, 2.24) is 4.90 Å². The van der Waals surface area contributed by atoms with Crippen LogP contribution in [0.15, 0.2) is 30.3 Å². The molecule has 0 aliphatic carbocycles. The Morgan fingerprint density at radius 3 is 3.00 bits per heavy atom. The molecule has 1 fully saturated rings. The number of benzene rings is 1. The number of nitrogens with zero attached hydrogens (tertiary/aromatic N) is 1. The zero-order valence-electron chi connectivity index (χ0n) is 11.4. The lowest BCUT2D eigenvalue weighted by Gasteiger charge is -2.31. The van der Waals surface area contributed by atoms with E-state index in [1.807, 2.05) is 42.2 Å². The minimum Gasteiger partial charge on any atom is -0.396 e. The number of likely N-dealkylation sites (tertiary alicyclic amines) is 1. The summed E-state index contributed by atoms with van der Waals surface area (Å²) in [5.74, 6) is 0.283. The molecule has 1 saturated heterocycles. The largest absolute Gasteiger partial charge is 0.396 e. The fourth-order valence-electron chi connectivity index (χ4n) is 2.45. The van der Waals surface area contributed by atoms with E-state index in [-0.39, 0.29) is 18.4 Å². The molecule has 1 aliphatic heterocycles. The molecule has 19 heavy (non-hydrogen) atoms. The third-order valence-corrected chi connectivity index (χ3v) is 3.68. The quantitative estimate of drug-likeness (QED) is 0.846. The molecule has 102 valence electrons. The summed E-state index contributed by atoms with van der Waals surface area (Å²) in [4.78, 5) is 13.9. The zero-order chi connectivity index (χ0) is 13.7. The normalized spacial score (nSPS) is 19.9. The molecule has 1 atom stereocenters. The Morgan fingerprint density at radius 1 is 1.47 bits per heavy atom. The van der Waals surface area contributed by atoms with Crippen LogP contribution in [0.2, 0.25) is 0 Å². The van der Waals surface area contributed by atoms with Gasteiger partial charge in [0.05, 0.1) is 0 Å². The summed E-state index contributed by atoms with van der Waals surface area (Å²) in [5.41, 5.74) is 2.24. The summed E-state index contributed by atoms with van der Waals surface area (Å²) >= 11 is 0. The second kappa shape index (κ2) is 6.53. The van der Waals surface area contributed by atoms with Gasteiger partial charge in [0.2, 0.25) is 5.91 Å². The molecule has 0 bridgehead atoms. The van der Waals surface area contributed by atoms with E-state index in [0.29, 0.717) is 6.54 Å². The van der Waals surface area contributed by atoms with Gasteiger partial charge in [0.15, 0.2) is 0 Å². The van der Waals surface area contributed by atoms with Crippen LogP contribution >= 0.6 is 0 Å². The number of amides is 1. The van der Waals surface area contributed by atoms with Crippen LogP contribution in [0.3, 0.4) is 0 Å². The summed E-state index contributed by atoms with van der Waals surface area (Å²) in [7, 11) is 0. The van der Waals surface area contributed by atoms with Crippen LogP contribution < -0.4 is 0 Å². The highest BCUT2D eigenvalue weighted by Crippen LogP contribution is 2.16. The third-order valence-electron chi connectivity index (χ3n) is 3.68. The van der Waals surface area contributed by atoms with Gasteiger partial charge >= 0.3 is 0 Å². The number of piperidine rings is 1. The molecule has 2 rings (SSSR count). The molecule has 0 radical (unpaired) electrons. The van der Waals surface area contributed by atoms with Crippen molar-refractivity contribution in [2.45, 2.75) is 19.8 Å². The maximum Gasteiger partial charge on any atom is 0.246 e. The van der Waals surface area contributed by atoms with Crippen molar-refractivity contribution in [3.8, 4) is 0 Å². The van der Waals surface area contributed by atoms with Crippen molar-refractivity contribution in [3.63, 3.8) is 0 Å². The molecule has 1 heterocycles. The molecule has 1 amide bonds. The average Bonchev–Trinajstić information content (AvgIpc) is 2.46. The summed E-state index contributed by atoms with van der Waals surface area (Å²) in [6.07, 6.45) is 5.51. The van der Waals surface area contributed by atoms with E-state index in [4.69, 9.17) is 0 Å². The first-order valence-electron chi connectivity index (χ1n) is 6.84. The second-order valence-corrected chi connectivity index (χ2v) is 5.17. The van der Waals surface area contributed by atoms with Crippen molar-refractivity contribution >= 4 is 12.0 Å². The van der Waals surface area contributed by atoms with E-state index in [9.17, 15) is 9.90 Å². The van der Waals surface area contributed by atoms with Crippen molar-refractivity contribution in [3.05, 3.63) is 41.5 Å². The molecule has 0 spiro atoms. The Labute approximate surface area is 114 Å². The SMILES string of the molecule is Cc1ccccc1/C=C/C(=O)N1CCCC(CO)C1. The first-order valence-corrected chi connectivity index (χ1v) is 6.84. The number of carbonyl (C=O) groups is 1. The maximum absolute atomic E-state index is 12.1. The standard InChI is InChI=1S/C16H21NO2/c1-13-5-2-3-7-15(13)8-9-16(19)17-10-4-6-14(11-17)12-18/h2-3,5,7-9,14,18H,4,6,10-12H2,1H3/b9-8+. The van der Waals surface area contributed by atoms with Gasteiger partial charge in [-0.1, -0.05) is 24.3 Å². The predicted molar refractivity (Wildman–Crippen MR) is 76.6 cm³/mol. The molecule has 1 aromatic carbocycles. The van der Waals surface area contributed by atoms with Crippen molar-refractivity contribution in [2.24, 2.45) is 5.92 Å². The summed E-state index contributed by atoms with van der Waals surface area (Å²) in [5, 5.41) is 9.18. The van der Waals surface area contributed by atoms with E-state index in [2.05, 4.69) is 0 Å². The Morgan fingerprint density at radius 2 is 2.26 bits per heavy atom. The van der Waals surface area contributed by atoms with Gasteiger partial charge in [0.25, 0.3) is 0 Å². The minimum absolute atomic E-state index is 0.0430. The van der Waals surface area contributed by atoms with Crippen LogP contribution in [0.5, 0.6) is 0 Å². The number of aliphatic hydroxyl groups is 1. The first-order chi connectivity index (χ1) is 9.20. The highest BCUT2D eigenvalue weighted by molar-refractivity contribution is 5.92. The van der Waals surface area contributed by atoms with Gasteiger partial charge in [-0.15, -0.1) is 0 Å². The smallest absolute Gasteiger partial charge is 0.246 e. The van der Waals surface area contributed by atoms with E-state index in [1.165, 1.54) is 5.56 Å². The molecular formula is C16H21NO2. The number of hydrogen-bond donors (Lipinski definition) is 1. The van der Waals surface area contributed by atoms with Gasteiger partial charge < -0.3 is 10.0 Å². The van der Waals surface area contributed by atoms with Crippen LogP contribution in [0.25, 0.3) is 6.08 Å². The van der Waals surface area contributed by atoms with E-state index < -0.39 is 0 Å².